The minimum atomic E-state index is 0.196. The van der Waals surface area contributed by atoms with E-state index in [1.807, 2.05) is 6.07 Å². The van der Waals surface area contributed by atoms with Crippen LogP contribution in [0.3, 0.4) is 0 Å². The lowest BCUT2D eigenvalue weighted by Gasteiger charge is -2.23. The third-order valence-corrected chi connectivity index (χ3v) is 5.44. The summed E-state index contributed by atoms with van der Waals surface area (Å²) < 4.78 is 1.79. The Balaban J connectivity index is 1.71. The molecule has 9 heteroatoms. The van der Waals surface area contributed by atoms with Gasteiger partial charge in [-0.3, -0.25) is 4.57 Å². The number of nitrogens with one attached hydrogen (secondary N) is 1. The average Bonchev–Trinajstić information content (AvgIpc) is 3.42. The molecule has 0 unspecified atom stereocenters. The highest BCUT2D eigenvalue weighted by atomic mass is 15.4. The van der Waals surface area contributed by atoms with Crippen LogP contribution >= 0.6 is 0 Å². The van der Waals surface area contributed by atoms with Crippen molar-refractivity contribution < 1.29 is 0 Å². The Labute approximate surface area is 181 Å². The molecule has 0 bridgehead atoms. The Hall–Kier alpha value is -3.64. The predicted octanol–water partition coefficient (Wildman–Crippen LogP) is 2.88. The van der Waals surface area contributed by atoms with Gasteiger partial charge in [0.2, 0.25) is 0 Å². The fourth-order valence-electron chi connectivity index (χ4n) is 3.90. The lowest BCUT2D eigenvalue weighted by atomic mass is 10.1. The Bertz CT molecular complexity index is 1150. The van der Waals surface area contributed by atoms with Gasteiger partial charge in [0.1, 0.15) is 23.7 Å². The van der Waals surface area contributed by atoms with E-state index in [-0.39, 0.29) is 6.04 Å². The van der Waals surface area contributed by atoms with Gasteiger partial charge in [0, 0.05) is 48.0 Å². The molecule has 31 heavy (non-hydrogen) atoms. The zero-order valence-electron chi connectivity index (χ0n) is 17.8. The van der Waals surface area contributed by atoms with Crippen molar-refractivity contribution in [3.63, 3.8) is 0 Å². The van der Waals surface area contributed by atoms with E-state index in [9.17, 15) is 0 Å². The van der Waals surface area contributed by atoms with Gasteiger partial charge in [0.05, 0.1) is 11.3 Å². The fraction of sp³-hybridized carbons (Fsp3) is 0.364. The molecule has 0 radical (unpaired) electrons. The SMILES string of the molecule is CC(C)Nc1cc(-n2cnc3cc(C#N)cnc32)ncc1/C(N)=C/N(N)C1CCCC1. The number of fused-ring (bicyclic) bond motifs is 1. The molecule has 9 nitrogen and oxygen atoms in total. The van der Waals surface area contributed by atoms with Gasteiger partial charge >= 0.3 is 0 Å². The number of rotatable bonds is 6. The van der Waals surface area contributed by atoms with Crippen molar-refractivity contribution in [2.75, 3.05) is 5.32 Å². The first-order valence-electron chi connectivity index (χ1n) is 10.5. The summed E-state index contributed by atoms with van der Waals surface area (Å²) in [5, 5.41) is 14.3. The minimum Gasteiger partial charge on any atom is -0.397 e. The van der Waals surface area contributed by atoms with Crippen LogP contribution in [-0.2, 0) is 0 Å². The number of hydrogen-bond donors (Lipinski definition) is 3. The number of nitriles is 1. The number of hydrazine groups is 1. The summed E-state index contributed by atoms with van der Waals surface area (Å²) in [5.41, 5.74) is 10.4. The first-order chi connectivity index (χ1) is 15.0. The van der Waals surface area contributed by atoms with Gasteiger partial charge in [-0.15, -0.1) is 0 Å². The molecule has 1 fully saturated rings. The number of nitrogens with zero attached hydrogens (tertiary/aromatic N) is 6. The molecule has 1 aliphatic carbocycles. The monoisotopic (exact) mass is 417 g/mol. The van der Waals surface area contributed by atoms with Gasteiger partial charge in [-0.25, -0.2) is 20.8 Å². The fourth-order valence-corrected chi connectivity index (χ4v) is 3.90. The number of anilines is 1. The number of hydrogen-bond acceptors (Lipinski definition) is 8. The van der Waals surface area contributed by atoms with E-state index in [4.69, 9.17) is 16.8 Å². The van der Waals surface area contributed by atoms with Crippen LogP contribution in [0.25, 0.3) is 22.7 Å². The average molecular weight is 418 g/mol. The van der Waals surface area contributed by atoms with Crippen LogP contribution in [0, 0.1) is 11.3 Å². The molecule has 3 heterocycles. The largest absolute Gasteiger partial charge is 0.397 e. The highest BCUT2D eigenvalue weighted by Gasteiger charge is 2.19. The smallest absolute Gasteiger partial charge is 0.165 e. The molecule has 0 spiro atoms. The van der Waals surface area contributed by atoms with Crippen molar-refractivity contribution >= 4 is 22.5 Å². The van der Waals surface area contributed by atoms with Crippen LogP contribution in [0.2, 0.25) is 0 Å². The molecule has 5 N–H and O–H groups in total. The van der Waals surface area contributed by atoms with Crippen LogP contribution in [0.1, 0.15) is 50.7 Å². The van der Waals surface area contributed by atoms with E-state index in [1.54, 1.807) is 34.4 Å². The summed E-state index contributed by atoms with van der Waals surface area (Å²) in [7, 11) is 0. The maximum Gasteiger partial charge on any atom is 0.165 e. The second-order valence-corrected chi connectivity index (χ2v) is 8.15. The van der Waals surface area contributed by atoms with Gasteiger partial charge in [-0.2, -0.15) is 5.26 Å². The quantitative estimate of drug-likeness (QED) is 0.412. The first kappa shape index (κ1) is 20.6. The maximum absolute atomic E-state index is 9.08. The van der Waals surface area contributed by atoms with Crippen molar-refractivity contribution in [1.29, 1.82) is 5.26 Å². The Morgan fingerprint density at radius 3 is 2.74 bits per heavy atom. The van der Waals surface area contributed by atoms with Crippen molar-refractivity contribution in [2.24, 2.45) is 11.6 Å². The lowest BCUT2D eigenvalue weighted by Crippen LogP contribution is -2.35. The lowest BCUT2D eigenvalue weighted by molar-refractivity contribution is 0.289. The van der Waals surface area contributed by atoms with E-state index < -0.39 is 0 Å². The van der Waals surface area contributed by atoms with Crippen LogP contribution in [-0.4, -0.2) is 36.6 Å². The van der Waals surface area contributed by atoms with Gasteiger partial charge in [0.25, 0.3) is 0 Å². The number of imidazole rings is 1. The summed E-state index contributed by atoms with van der Waals surface area (Å²) in [6.45, 7) is 4.13. The van der Waals surface area contributed by atoms with E-state index in [1.165, 1.54) is 19.0 Å². The van der Waals surface area contributed by atoms with E-state index in [0.29, 0.717) is 34.3 Å². The summed E-state index contributed by atoms with van der Waals surface area (Å²) in [6.07, 6.45) is 11.3. The van der Waals surface area contributed by atoms with Crippen LogP contribution in [0.4, 0.5) is 5.69 Å². The van der Waals surface area contributed by atoms with Crippen molar-refractivity contribution in [3.05, 3.63) is 48.2 Å². The highest BCUT2D eigenvalue weighted by molar-refractivity contribution is 5.77. The minimum absolute atomic E-state index is 0.196. The van der Waals surface area contributed by atoms with Crippen LogP contribution < -0.4 is 16.9 Å². The summed E-state index contributed by atoms with van der Waals surface area (Å²) in [5.74, 6) is 6.91. The second-order valence-electron chi connectivity index (χ2n) is 8.15. The third-order valence-electron chi connectivity index (χ3n) is 5.44. The standard InChI is InChI=1S/C22H27N9/c1-14(2)29-19-8-21(30-13-28-20-7-15(9-23)10-27-22(20)30)26-11-17(19)18(24)12-31(25)16-5-3-4-6-16/h7-8,10-14,16H,3-6,24-25H2,1-2H3,(H,26,29)/b18-12-. The molecule has 0 amide bonds. The molecule has 0 atom stereocenters. The number of nitrogens with two attached hydrogens (primary N) is 2. The molecule has 0 aliphatic heterocycles. The summed E-state index contributed by atoms with van der Waals surface area (Å²) in [6, 6.07) is 6.24. The van der Waals surface area contributed by atoms with Crippen molar-refractivity contribution in [3.8, 4) is 11.9 Å². The highest BCUT2D eigenvalue weighted by Crippen LogP contribution is 2.27. The first-order valence-corrected chi connectivity index (χ1v) is 10.5. The van der Waals surface area contributed by atoms with Crippen LogP contribution in [0.15, 0.2) is 37.1 Å². The summed E-state index contributed by atoms with van der Waals surface area (Å²) in [4.78, 5) is 13.3. The molecule has 3 aromatic heterocycles. The molecule has 4 rings (SSSR count). The van der Waals surface area contributed by atoms with Gasteiger partial charge in [-0.05, 0) is 32.8 Å². The van der Waals surface area contributed by atoms with Crippen molar-refractivity contribution in [2.45, 2.75) is 51.6 Å². The normalized spacial score (nSPS) is 14.9. The zero-order chi connectivity index (χ0) is 22.0. The third kappa shape index (κ3) is 4.29. The molecular formula is C22H27N9. The molecule has 0 aromatic carbocycles. The Morgan fingerprint density at radius 2 is 2.03 bits per heavy atom. The van der Waals surface area contributed by atoms with Gasteiger partial charge in [0.15, 0.2) is 5.65 Å². The molecule has 160 valence electrons. The van der Waals surface area contributed by atoms with E-state index in [0.717, 1.165) is 24.1 Å². The van der Waals surface area contributed by atoms with Gasteiger partial charge < -0.3 is 16.1 Å². The number of pyridine rings is 2. The second kappa shape index (κ2) is 8.62. The maximum atomic E-state index is 9.08. The topological polar surface area (TPSA) is 135 Å². The molecule has 3 aromatic rings. The van der Waals surface area contributed by atoms with Crippen LogP contribution in [0.5, 0.6) is 0 Å². The molecular weight excluding hydrogens is 390 g/mol. The van der Waals surface area contributed by atoms with E-state index in [2.05, 4.69) is 40.2 Å². The zero-order valence-corrected chi connectivity index (χ0v) is 17.8. The Kier molecular flexibility index (Phi) is 5.73. The van der Waals surface area contributed by atoms with Crippen molar-refractivity contribution in [1.82, 2.24) is 24.5 Å². The van der Waals surface area contributed by atoms with Gasteiger partial charge in [-0.1, -0.05) is 12.8 Å². The predicted molar refractivity (Wildman–Crippen MR) is 121 cm³/mol. The number of aromatic nitrogens is 4. The Morgan fingerprint density at radius 1 is 1.26 bits per heavy atom. The molecule has 0 saturated heterocycles. The van der Waals surface area contributed by atoms with E-state index >= 15 is 0 Å². The summed E-state index contributed by atoms with van der Waals surface area (Å²) >= 11 is 0. The molecule has 1 aliphatic rings. The molecule has 1 saturated carbocycles.